The minimum atomic E-state index is 0.237. The van der Waals surface area contributed by atoms with Gasteiger partial charge in [-0.1, -0.05) is 0 Å². The number of pyridine rings is 1. The largest absolute Gasteiger partial charge is 0.313 e. The molecule has 0 saturated heterocycles. The lowest BCUT2D eigenvalue weighted by Crippen LogP contribution is -2.21. The zero-order valence-electron chi connectivity index (χ0n) is 11.1. The van der Waals surface area contributed by atoms with Gasteiger partial charge in [0, 0.05) is 30.9 Å². The fourth-order valence-electron chi connectivity index (χ4n) is 2.06. The lowest BCUT2D eigenvalue weighted by Gasteiger charge is -2.16. The highest BCUT2D eigenvalue weighted by atomic mass is 15.3. The van der Waals surface area contributed by atoms with Crippen LogP contribution in [0.2, 0.25) is 0 Å². The van der Waals surface area contributed by atoms with Gasteiger partial charge in [0.25, 0.3) is 0 Å². The fraction of sp³-hybridized carbons (Fsp3) is 0.462. The Bertz CT molecular complexity index is 506. The zero-order valence-corrected chi connectivity index (χ0v) is 11.1. The molecule has 0 aliphatic carbocycles. The quantitative estimate of drug-likeness (QED) is 0.867. The molecule has 2 aromatic rings. The van der Waals surface area contributed by atoms with Gasteiger partial charge in [0.15, 0.2) is 0 Å². The second-order valence-electron chi connectivity index (χ2n) is 4.27. The van der Waals surface area contributed by atoms with Crippen LogP contribution in [0.25, 0.3) is 0 Å². The van der Waals surface area contributed by atoms with Crippen LogP contribution in [0.15, 0.2) is 24.7 Å². The SMILES string of the molecule is CCn1ncnc1CC(NC)c1ccnc(C)c1. The molecule has 1 N–H and O–H groups in total. The number of likely N-dealkylation sites (N-methyl/N-ethyl adjacent to an activating group) is 1. The Balaban J connectivity index is 2.20. The van der Waals surface area contributed by atoms with Crippen molar-refractivity contribution in [3.63, 3.8) is 0 Å². The lowest BCUT2D eigenvalue weighted by atomic mass is 10.0. The van der Waals surface area contributed by atoms with Crippen LogP contribution in [0.1, 0.15) is 30.0 Å². The summed E-state index contributed by atoms with van der Waals surface area (Å²) in [6.45, 7) is 4.93. The third-order valence-corrected chi connectivity index (χ3v) is 3.05. The molecular formula is C13H19N5. The molecule has 0 amide bonds. The molecular weight excluding hydrogens is 226 g/mol. The first-order valence-corrected chi connectivity index (χ1v) is 6.21. The van der Waals surface area contributed by atoms with Crippen molar-refractivity contribution < 1.29 is 0 Å². The molecule has 2 heterocycles. The van der Waals surface area contributed by atoms with Gasteiger partial charge in [0.05, 0.1) is 0 Å². The third-order valence-electron chi connectivity index (χ3n) is 3.05. The Morgan fingerprint density at radius 3 is 2.89 bits per heavy atom. The predicted molar refractivity (Wildman–Crippen MR) is 70.2 cm³/mol. The Morgan fingerprint density at radius 2 is 2.22 bits per heavy atom. The van der Waals surface area contributed by atoms with Gasteiger partial charge in [0.1, 0.15) is 12.2 Å². The summed E-state index contributed by atoms with van der Waals surface area (Å²) in [7, 11) is 1.97. The average Bonchev–Trinajstić information content (AvgIpc) is 2.83. The van der Waals surface area contributed by atoms with Crippen molar-refractivity contribution in [3.05, 3.63) is 41.7 Å². The van der Waals surface area contributed by atoms with E-state index in [2.05, 4.69) is 33.4 Å². The second kappa shape index (κ2) is 5.73. The second-order valence-corrected chi connectivity index (χ2v) is 4.27. The van der Waals surface area contributed by atoms with Crippen LogP contribution < -0.4 is 5.32 Å². The van der Waals surface area contributed by atoms with Gasteiger partial charge in [-0.25, -0.2) is 4.98 Å². The van der Waals surface area contributed by atoms with Crippen molar-refractivity contribution in [1.29, 1.82) is 0 Å². The molecule has 5 heteroatoms. The predicted octanol–water partition coefficient (Wildman–Crippen LogP) is 1.50. The number of nitrogens with one attached hydrogen (secondary N) is 1. The van der Waals surface area contributed by atoms with E-state index in [1.807, 2.05) is 30.9 Å². The van der Waals surface area contributed by atoms with Crippen molar-refractivity contribution in [3.8, 4) is 0 Å². The minimum Gasteiger partial charge on any atom is -0.313 e. The Hall–Kier alpha value is -1.75. The van der Waals surface area contributed by atoms with Gasteiger partial charge in [-0.2, -0.15) is 5.10 Å². The lowest BCUT2D eigenvalue weighted by molar-refractivity contribution is 0.533. The van der Waals surface area contributed by atoms with E-state index < -0.39 is 0 Å². The molecule has 0 aliphatic rings. The number of hydrogen-bond acceptors (Lipinski definition) is 4. The topological polar surface area (TPSA) is 55.6 Å². The molecule has 5 nitrogen and oxygen atoms in total. The molecule has 1 unspecified atom stereocenters. The Labute approximate surface area is 107 Å². The minimum absolute atomic E-state index is 0.237. The van der Waals surface area contributed by atoms with E-state index in [0.717, 1.165) is 24.5 Å². The van der Waals surface area contributed by atoms with Crippen LogP contribution in [0.5, 0.6) is 0 Å². The molecule has 0 spiro atoms. The van der Waals surface area contributed by atoms with Crippen molar-refractivity contribution in [2.75, 3.05) is 7.05 Å². The smallest absolute Gasteiger partial charge is 0.138 e. The summed E-state index contributed by atoms with van der Waals surface area (Å²) in [6.07, 6.45) is 4.29. The van der Waals surface area contributed by atoms with Crippen LogP contribution >= 0.6 is 0 Å². The van der Waals surface area contributed by atoms with Gasteiger partial charge >= 0.3 is 0 Å². The summed E-state index contributed by atoms with van der Waals surface area (Å²) in [4.78, 5) is 8.55. The molecule has 0 radical (unpaired) electrons. The molecule has 0 bridgehead atoms. The van der Waals surface area contributed by atoms with Crippen molar-refractivity contribution in [2.45, 2.75) is 32.9 Å². The molecule has 0 fully saturated rings. The van der Waals surface area contributed by atoms with Crippen molar-refractivity contribution >= 4 is 0 Å². The number of aromatic nitrogens is 4. The van der Waals surface area contributed by atoms with E-state index in [1.165, 1.54) is 5.56 Å². The molecule has 96 valence electrons. The average molecular weight is 245 g/mol. The summed E-state index contributed by atoms with van der Waals surface area (Å²) in [5, 5.41) is 7.52. The number of aryl methyl sites for hydroxylation is 2. The molecule has 2 rings (SSSR count). The van der Waals surface area contributed by atoms with Gasteiger partial charge in [-0.3, -0.25) is 9.67 Å². The highest BCUT2D eigenvalue weighted by Gasteiger charge is 2.14. The van der Waals surface area contributed by atoms with E-state index in [9.17, 15) is 0 Å². The normalized spacial score (nSPS) is 12.6. The summed E-state index contributed by atoms with van der Waals surface area (Å²) < 4.78 is 1.93. The number of nitrogens with zero attached hydrogens (tertiary/aromatic N) is 4. The van der Waals surface area contributed by atoms with Crippen LogP contribution in [0, 0.1) is 6.92 Å². The van der Waals surface area contributed by atoms with E-state index in [1.54, 1.807) is 6.33 Å². The number of rotatable bonds is 5. The van der Waals surface area contributed by atoms with E-state index in [-0.39, 0.29) is 6.04 Å². The molecule has 0 aliphatic heterocycles. The maximum absolute atomic E-state index is 4.32. The monoisotopic (exact) mass is 245 g/mol. The van der Waals surface area contributed by atoms with Crippen molar-refractivity contribution in [2.24, 2.45) is 0 Å². The molecule has 2 aromatic heterocycles. The van der Waals surface area contributed by atoms with Gasteiger partial charge in [0.2, 0.25) is 0 Å². The fourth-order valence-corrected chi connectivity index (χ4v) is 2.06. The Morgan fingerprint density at radius 1 is 1.39 bits per heavy atom. The van der Waals surface area contributed by atoms with Gasteiger partial charge in [-0.15, -0.1) is 0 Å². The van der Waals surface area contributed by atoms with Crippen LogP contribution in [0.3, 0.4) is 0 Å². The summed E-state index contributed by atoms with van der Waals surface area (Å²) in [5.74, 6) is 1.01. The highest BCUT2D eigenvalue weighted by molar-refractivity contribution is 5.20. The van der Waals surface area contributed by atoms with Gasteiger partial charge in [-0.05, 0) is 38.6 Å². The third kappa shape index (κ3) is 2.73. The summed E-state index contributed by atoms with van der Waals surface area (Å²) in [6, 6.07) is 4.38. The van der Waals surface area contributed by atoms with Crippen molar-refractivity contribution in [1.82, 2.24) is 25.1 Å². The maximum atomic E-state index is 4.32. The summed E-state index contributed by atoms with van der Waals surface area (Å²) >= 11 is 0. The first-order chi connectivity index (χ1) is 8.74. The zero-order chi connectivity index (χ0) is 13.0. The number of hydrogen-bond donors (Lipinski definition) is 1. The molecule has 1 atom stereocenters. The summed E-state index contributed by atoms with van der Waals surface area (Å²) in [5.41, 5.74) is 2.26. The highest BCUT2D eigenvalue weighted by Crippen LogP contribution is 2.17. The molecule has 0 saturated carbocycles. The van der Waals surface area contributed by atoms with Crippen LogP contribution in [0.4, 0.5) is 0 Å². The molecule has 0 aromatic carbocycles. The van der Waals surface area contributed by atoms with E-state index in [4.69, 9.17) is 0 Å². The Kier molecular flexibility index (Phi) is 4.04. The first kappa shape index (κ1) is 12.7. The van der Waals surface area contributed by atoms with E-state index in [0.29, 0.717) is 0 Å². The van der Waals surface area contributed by atoms with Crippen LogP contribution in [-0.4, -0.2) is 26.8 Å². The molecule has 18 heavy (non-hydrogen) atoms. The van der Waals surface area contributed by atoms with E-state index >= 15 is 0 Å². The maximum Gasteiger partial charge on any atom is 0.138 e. The standard InChI is InChI=1S/C13H19N5/c1-4-18-13(16-9-17-18)8-12(14-3)11-5-6-15-10(2)7-11/h5-7,9,12,14H,4,8H2,1-3H3. The van der Waals surface area contributed by atoms with Gasteiger partial charge < -0.3 is 5.32 Å². The van der Waals surface area contributed by atoms with Crippen LogP contribution in [-0.2, 0) is 13.0 Å². The first-order valence-electron chi connectivity index (χ1n) is 6.21.